The Hall–Kier alpha value is -3.30. The van der Waals surface area contributed by atoms with Gasteiger partial charge in [-0.25, -0.2) is 4.39 Å². The highest BCUT2D eigenvalue weighted by atomic mass is 32.3. The van der Waals surface area contributed by atoms with E-state index in [1.807, 2.05) is 25.5 Å². The third-order valence-electron chi connectivity index (χ3n) is 4.43. The fourth-order valence-corrected chi connectivity index (χ4v) is 3.40. The molecule has 0 saturated carbocycles. The van der Waals surface area contributed by atoms with Crippen LogP contribution in [0.25, 0.3) is 16.7 Å². The van der Waals surface area contributed by atoms with Gasteiger partial charge in [0.05, 0.1) is 17.8 Å². The van der Waals surface area contributed by atoms with Gasteiger partial charge in [0.15, 0.2) is 5.75 Å². The monoisotopic (exact) mass is 482 g/mol. The predicted octanol–water partition coefficient (Wildman–Crippen LogP) is 3.37. The zero-order valence-corrected chi connectivity index (χ0v) is 19.6. The summed E-state index contributed by atoms with van der Waals surface area (Å²) in [7, 11) is -5.31. The lowest BCUT2D eigenvalue weighted by molar-refractivity contribution is 0.438. The highest BCUT2D eigenvalue weighted by Gasteiger charge is 2.23. The van der Waals surface area contributed by atoms with Gasteiger partial charge in [0.25, 0.3) is 0 Å². The average molecular weight is 483 g/mol. The molecule has 1 aliphatic heterocycles. The number of nitrogens with one attached hydrogen (secondary N) is 1. The number of nitrogens with two attached hydrogens (primary N) is 1. The van der Waals surface area contributed by atoms with E-state index in [0.717, 1.165) is 31.4 Å². The zero-order valence-electron chi connectivity index (χ0n) is 18.8. The molecule has 1 saturated heterocycles. The number of hydrogen-bond acceptors (Lipinski definition) is 8. The molecule has 1 fully saturated rings. The quantitative estimate of drug-likeness (QED) is 0.363. The molecule has 0 aliphatic carbocycles. The Balaban J connectivity index is 0.000000820. The van der Waals surface area contributed by atoms with Crippen LogP contribution in [0.15, 0.2) is 37.3 Å². The van der Waals surface area contributed by atoms with Crippen LogP contribution in [0.2, 0.25) is 0 Å². The Morgan fingerprint density at radius 3 is 2.64 bits per heavy atom. The van der Waals surface area contributed by atoms with Crippen molar-refractivity contribution in [2.24, 2.45) is 5.73 Å². The molecule has 2 aromatic rings. The van der Waals surface area contributed by atoms with Gasteiger partial charge in [-0.05, 0) is 26.0 Å². The van der Waals surface area contributed by atoms with Crippen molar-refractivity contribution in [2.75, 3.05) is 19.8 Å². The van der Waals surface area contributed by atoms with Gasteiger partial charge in [-0.2, -0.15) is 18.8 Å². The first kappa shape index (κ1) is 27.7. The van der Waals surface area contributed by atoms with Crippen molar-refractivity contribution in [1.82, 2.24) is 20.1 Å². The predicted molar refractivity (Wildman–Crippen MR) is 123 cm³/mol. The molecule has 0 spiro atoms. The zero-order chi connectivity index (χ0) is 25.0. The first-order valence-electron chi connectivity index (χ1n) is 10.1. The summed E-state index contributed by atoms with van der Waals surface area (Å²) in [6, 6.07) is 3.27. The van der Waals surface area contributed by atoms with E-state index in [0.29, 0.717) is 11.1 Å². The van der Waals surface area contributed by atoms with E-state index in [4.69, 9.17) is 11.0 Å². The molecule has 0 amide bonds. The minimum absolute atomic E-state index is 0.148. The van der Waals surface area contributed by atoms with Gasteiger partial charge in [-0.1, -0.05) is 23.8 Å². The van der Waals surface area contributed by atoms with Crippen LogP contribution in [-0.4, -0.2) is 42.9 Å². The van der Waals surface area contributed by atoms with Crippen LogP contribution in [-0.2, 0) is 10.5 Å². The van der Waals surface area contributed by atoms with Crippen LogP contribution in [0.1, 0.15) is 37.7 Å². The molecule has 3 N–H and O–H groups in total. The van der Waals surface area contributed by atoms with Crippen LogP contribution in [0.4, 0.5) is 8.28 Å². The molecule has 0 unspecified atom stereocenters. The van der Waals surface area contributed by atoms with Crippen LogP contribution in [0.5, 0.6) is 5.75 Å². The molecule has 3 rings (SSSR count). The third-order valence-corrected chi connectivity index (χ3v) is 4.81. The summed E-state index contributed by atoms with van der Waals surface area (Å²) in [5, 5.41) is 16.8. The van der Waals surface area contributed by atoms with Crippen molar-refractivity contribution in [3.05, 3.63) is 48.7 Å². The summed E-state index contributed by atoms with van der Waals surface area (Å²) >= 11 is 0. The van der Waals surface area contributed by atoms with Gasteiger partial charge in [0.1, 0.15) is 18.4 Å². The lowest BCUT2D eigenvalue weighted by Crippen LogP contribution is -2.15. The van der Waals surface area contributed by atoms with Crippen molar-refractivity contribution in [1.29, 1.82) is 5.26 Å². The maximum atomic E-state index is 13.1. The molecule has 0 bridgehead atoms. The average Bonchev–Trinajstić information content (AvgIpc) is 3.45. The molecule has 1 aliphatic rings. The fourth-order valence-electron chi connectivity index (χ4n) is 3.06. The molecular weight excluding hydrogens is 454 g/mol. The maximum Gasteiger partial charge on any atom is 0.488 e. The van der Waals surface area contributed by atoms with Gasteiger partial charge in [0.2, 0.25) is 0 Å². The normalized spacial score (nSPS) is 15.4. The molecular formula is C21H28F2N6O3S. The van der Waals surface area contributed by atoms with Crippen molar-refractivity contribution in [2.45, 2.75) is 33.2 Å². The van der Waals surface area contributed by atoms with E-state index < -0.39 is 22.9 Å². The maximum absolute atomic E-state index is 13.1. The standard InChI is InChI=1S/C16H17FN6O3S.C3H5F.C2H6/c1-10-14(9-22-23(10)13-2-3-20-8-13)11-4-15(26-27(17,24)25)16(21-7-11)12(5-18)6-19;1-2-3-4;1-2/h4-5,7,9,13,20H,2-3,8,18H2,1H3;2H,1,3H2;1-2H3/b12-5-;;/t13-;;/m0../s1. The third kappa shape index (κ3) is 7.65. The van der Waals surface area contributed by atoms with Crippen molar-refractivity contribution in [3.63, 3.8) is 0 Å². The number of hydrogen-bond donors (Lipinski definition) is 2. The molecule has 0 radical (unpaired) electrons. The molecule has 3 heterocycles. The summed E-state index contributed by atoms with van der Waals surface area (Å²) in [4.78, 5) is 4.05. The van der Waals surface area contributed by atoms with E-state index >= 15 is 0 Å². The molecule has 9 nitrogen and oxygen atoms in total. The minimum atomic E-state index is -5.31. The molecule has 2 aromatic heterocycles. The van der Waals surface area contributed by atoms with Crippen LogP contribution < -0.4 is 15.2 Å². The van der Waals surface area contributed by atoms with E-state index in [9.17, 15) is 16.7 Å². The SMILES string of the molecule is C=CCF.CC.Cc1c(-c2cnc(/C(C#N)=C\N)c(OS(=O)(=O)F)c2)cnn1[C@H]1CCNC1. The largest absolute Gasteiger partial charge is 0.488 e. The Bertz CT molecular complexity index is 1100. The fraction of sp³-hybridized carbons (Fsp3) is 0.381. The number of halogens is 2. The minimum Gasteiger partial charge on any atom is -0.403 e. The second-order valence-corrected chi connectivity index (χ2v) is 7.37. The first-order chi connectivity index (χ1) is 15.8. The lowest BCUT2D eigenvalue weighted by atomic mass is 10.1. The van der Waals surface area contributed by atoms with Gasteiger partial charge in [-0.3, -0.25) is 9.67 Å². The molecule has 180 valence electrons. The summed E-state index contributed by atoms with van der Waals surface area (Å²) in [5.74, 6) is -0.428. The topological polar surface area (TPSA) is 136 Å². The summed E-state index contributed by atoms with van der Waals surface area (Å²) in [6.45, 7) is 10.3. The first-order valence-corrected chi connectivity index (χ1v) is 11.4. The molecule has 12 heteroatoms. The van der Waals surface area contributed by atoms with E-state index in [-0.39, 0.29) is 17.3 Å². The highest BCUT2D eigenvalue weighted by Crippen LogP contribution is 2.32. The van der Waals surface area contributed by atoms with Gasteiger partial charge < -0.3 is 15.2 Å². The smallest absolute Gasteiger partial charge is 0.403 e. The number of allylic oxidation sites excluding steroid dienone is 2. The van der Waals surface area contributed by atoms with Gasteiger partial charge >= 0.3 is 10.5 Å². The number of rotatable bonds is 6. The van der Waals surface area contributed by atoms with Crippen LogP contribution >= 0.6 is 0 Å². The second-order valence-electron chi connectivity index (χ2n) is 6.42. The van der Waals surface area contributed by atoms with Crippen LogP contribution in [0.3, 0.4) is 0 Å². The Labute approximate surface area is 193 Å². The Kier molecular flexibility index (Phi) is 11.2. The second kappa shape index (κ2) is 13.3. The molecule has 0 aromatic carbocycles. The van der Waals surface area contributed by atoms with Gasteiger partial charge in [-0.15, -0.1) is 6.58 Å². The van der Waals surface area contributed by atoms with Crippen molar-refractivity contribution in [3.8, 4) is 22.9 Å². The van der Waals surface area contributed by atoms with Gasteiger partial charge in [0, 0.05) is 35.8 Å². The lowest BCUT2D eigenvalue weighted by Gasteiger charge is -2.12. The number of alkyl halides is 1. The number of aromatic nitrogens is 3. The highest BCUT2D eigenvalue weighted by molar-refractivity contribution is 7.81. The van der Waals surface area contributed by atoms with Crippen molar-refractivity contribution >= 4 is 16.1 Å². The number of pyridine rings is 1. The Morgan fingerprint density at radius 1 is 1.48 bits per heavy atom. The number of nitriles is 1. The van der Waals surface area contributed by atoms with E-state index in [1.165, 1.54) is 18.3 Å². The summed E-state index contributed by atoms with van der Waals surface area (Å²) in [6.07, 6.45) is 6.15. The van der Waals surface area contributed by atoms with E-state index in [2.05, 4.69) is 26.2 Å². The molecule has 33 heavy (non-hydrogen) atoms. The van der Waals surface area contributed by atoms with Crippen molar-refractivity contribution < 1.29 is 20.9 Å². The molecule has 1 atom stereocenters. The number of nitrogens with zero attached hydrogens (tertiary/aromatic N) is 4. The van der Waals surface area contributed by atoms with Crippen LogP contribution in [0, 0.1) is 18.3 Å². The summed E-state index contributed by atoms with van der Waals surface area (Å²) in [5.41, 5.74) is 7.05. The Morgan fingerprint density at radius 2 is 2.15 bits per heavy atom. The summed E-state index contributed by atoms with van der Waals surface area (Å²) < 4.78 is 51.9. The van der Waals surface area contributed by atoms with E-state index in [1.54, 1.807) is 12.3 Å².